The molecule has 0 saturated carbocycles. The van der Waals surface area contributed by atoms with Crippen molar-refractivity contribution in [1.29, 1.82) is 0 Å². The first-order valence-electron chi connectivity index (χ1n) is 7.84. The lowest BCUT2D eigenvalue weighted by Gasteiger charge is -2.24. The highest BCUT2D eigenvalue weighted by Gasteiger charge is 2.16. The molecular weight excluding hydrogens is 280 g/mol. The normalized spacial score (nSPS) is 11.0. The van der Waals surface area contributed by atoms with Crippen LogP contribution >= 0.6 is 12.6 Å². The number of amides is 1. The van der Waals surface area contributed by atoms with E-state index in [-0.39, 0.29) is 5.91 Å². The molecule has 0 N–H and O–H groups in total. The fourth-order valence-electron chi connectivity index (χ4n) is 2.44. The molecule has 0 heterocycles. The number of benzene rings is 1. The zero-order valence-electron chi connectivity index (χ0n) is 13.7. The summed E-state index contributed by atoms with van der Waals surface area (Å²) >= 11 is 4.34. The van der Waals surface area contributed by atoms with Gasteiger partial charge in [-0.3, -0.25) is 4.79 Å². The summed E-state index contributed by atoms with van der Waals surface area (Å²) in [4.78, 5) is 17.8. The molecule has 0 aliphatic carbocycles. The Morgan fingerprint density at radius 2 is 1.76 bits per heavy atom. The molecule has 118 valence electrons. The highest BCUT2D eigenvalue weighted by atomic mass is 32.1. The number of hydrogen-bond donors (Lipinski definition) is 1. The Bertz CT molecular complexity index is 458. The van der Waals surface area contributed by atoms with Gasteiger partial charge in [-0.05, 0) is 57.6 Å². The molecule has 0 spiro atoms. The summed E-state index contributed by atoms with van der Waals surface area (Å²) in [6.45, 7) is 13.1. The second kappa shape index (κ2) is 9.11. The minimum absolute atomic E-state index is 0.116. The Labute approximate surface area is 134 Å². The van der Waals surface area contributed by atoms with Crippen molar-refractivity contribution in [3.05, 3.63) is 29.3 Å². The van der Waals surface area contributed by atoms with Gasteiger partial charge in [0.2, 0.25) is 0 Å². The summed E-state index contributed by atoms with van der Waals surface area (Å²) < 4.78 is 0. The molecule has 1 amide bonds. The topological polar surface area (TPSA) is 23.6 Å². The minimum Gasteiger partial charge on any atom is -0.339 e. The first-order chi connectivity index (χ1) is 10.0. The van der Waals surface area contributed by atoms with Gasteiger partial charge in [0.1, 0.15) is 0 Å². The standard InChI is InChI=1S/C17H28N2OS/c1-5-18(6-2)11-8-12-19(7-3)17(20)16-13-15(21)10-9-14(16)4/h9-10,13,21H,5-8,11-12H2,1-4H3. The highest BCUT2D eigenvalue weighted by molar-refractivity contribution is 7.80. The van der Waals surface area contributed by atoms with E-state index in [9.17, 15) is 4.79 Å². The smallest absolute Gasteiger partial charge is 0.254 e. The maximum Gasteiger partial charge on any atom is 0.254 e. The van der Waals surface area contributed by atoms with Crippen LogP contribution in [-0.4, -0.2) is 48.4 Å². The minimum atomic E-state index is 0.116. The molecule has 0 unspecified atom stereocenters. The van der Waals surface area contributed by atoms with Crippen LogP contribution in [0.25, 0.3) is 0 Å². The second-order valence-corrected chi connectivity index (χ2v) is 5.78. The van der Waals surface area contributed by atoms with Gasteiger partial charge in [-0.1, -0.05) is 19.9 Å². The van der Waals surface area contributed by atoms with Gasteiger partial charge in [-0.15, -0.1) is 12.6 Å². The number of aryl methyl sites for hydroxylation is 1. The van der Waals surface area contributed by atoms with Crippen molar-refractivity contribution >= 4 is 18.5 Å². The molecule has 1 rings (SSSR count). The summed E-state index contributed by atoms with van der Waals surface area (Å²) in [6.07, 6.45) is 1.01. The quantitative estimate of drug-likeness (QED) is 0.743. The monoisotopic (exact) mass is 308 g/mol. The third kappa shape index (κ3) is 5.36. The van der Waals surface area contributed by atoms with Crippen molar-refractivity contribution in [3.63, 3.8) is 0 Å². The lowest BCUT2D eigenvalue weighted by Crippen LogP contribution is -2.34. The molecule has 0 saturated heterocycles. The van der Waals surface area contributed by atoms with Crippen LogP contribution in [0.15, 0.2) is 23.1 Å². The van der Waals surface area contributed by atoms with Crippen LogP contribution in [0, 0.1) is 6.92 Å². The third-order valence-corrected chi connectivity index (χ3v) is 4.20. The predicted molar refractivity (Wildman–Crippen MR) is 92.4 cm³/mol. The summed E-state index contributed by atoms with van der Waals surface area (Å²) in [6, 6.07) is 5.75. The average Bonchev–Trinajstić information content (AvgIpc) is 2.49. The number of carbonyl (C=O) groups excluding carboxylic acids is 1. The van der Waals surface area contributed by atoms with Gasteiger partial charge in [-0.2, -0.15) is 0 Å². The van der Waals surface area contributed by atoms with E-state index < -0.39 is 0 Å². The molecule has 3 nitrogen and oxygen atoms in total. The largest absolute Gasteiger partial charge is 0.339 e. The molecule has 0 aliphatic heterocycles. The molecule has 0 fully saturated rings. The summed E-state index contributed by atoms with van der Waals surface area (Å²) in [5.41, 5.74) is 1.78. The molecule has 0 aliphatic rings. The van der Waals surface area contributed by atoms with E-state index in [1.807, 2.05) is 36.9 Å². The van der Waals surface area contributed by atoms with Gasteiger partial charge in [0.05, 0.1) is 0 Å². The maximum absolute atomic E-state index is 12.6. The molecule has 1 aromatic rings. The molecule has 0 bridgehead atoms. The van der Waals surface area contributed by atoms with E-state index in [0.29, 0.717) is 0 Å². The van der Waals surface area contributed by atoms with Crippen molar-refractivity contribution in [1.82, 2.24) is 9.80 Å². The summed E-state index contributed by atoms with van der Waals surface area (Å²) in [5, 5.41) is 0. The first-order valence-corrected chi connectivity index (χ1v) is 8.29. The second-order valence-electron chi connectivity index (χ2n) is 5.26. The van der Waals surface area contributed by atoms with Crippen LogP contribution in [0.2, 0.25) is 0 Å². The van der Waals surface area contributed by atoms with E-state index in [2.05, 4.69) is 31.4 Å². The molecule has 0 atom stereocenters. The van der Waals surface area contributed by atoms with Crippen molar-refractivity contribution in [3.8, 4) is 0 Å². The molecule has 1 aromatic carbocycles. The number of carbonyl (C=O) groups is 1. The molecular formula is C17H28N2OS. The van der Waals surface area contributed by atoms with Crippen LogP contribution in [0.1, 0.15) is 43.1 Å². The highest BCUT2D eigenvalue weighted by Crippen LogP contribution is 2.16. The van der Waals surface area contributed by atoms with Crippen LogP contribution in [0.3, 0.4) is 0 Å². The zero-order chi connectivity index (χ0) is 15.8. The Hall–Kier alpha value is -1.00. The zero-order valence-corrected chi connectivity index (χ0v) is 14.6. The Balaban J connectivity index is 2.67. The van der Waals surface area contributed by atoms with Gasteiger partial charge in [0, 0.05) is 23.5 Å². The van der Waals surface area contributed by atoms with Crippen molar-refractivity contribution in [2.45, 2.75) is 39.0 Å². The van der Waals surface area contributed by atoms with Crippen molar-refractivity contribution in [2.24, 2.45) is 0 Å². The third-order valence-electron chi connectivity index (χ3n) is 3.92. The van der Waals surface area contributed by atoms with E-state index >= 15 is 0 Å². The van der Waals surface area contributed by atoms with E-state index in [1.54, 1.807) is 0 Å². The van der Waals surface area contributed by atoms with E-state index in [1.165, 1.54) is 0 Å². The summed E-state index contributed by atoms with van der Waals surface area (Å²) in [5.74, 6) is 0.116. The number of rotatable bonds is 8. The molecule has 4 heteroatoms. The van der Waals surface area contributed by atoms with Gasteiger partial charge in [-0.25, -0.2) is 0 Å². The van der Waals surface area contributed by atoms with Crippen LogP contribution in [0.5, 0.6) is 0 Å². The van der Waals surface area contributed by atoms with E-state index in [4.69, 9.17) is 0 Å². The first kappa shape index (κ1) is 18.1. The molecule has 21 heavy (non-hydrogen) atoms. The maximum atomic E-state index is 12.6. The van der Waals surface area contributed by atoms with Crippen molar-refractivity contribution in [2.75, 3.05) is 32.7 Å². The Kier molecular flexibility index (Phi) is 7.83. The fraction of sp³-hybridized carbons (Fsp3) is 0.588. The molecule has 0 aromatic heterocycles. The Morgan fingerprint density at radius 1 is 1.10 bits per heavy atom. The lowest BCUT2D eigenvalue weighted by atomic mass is 10.1. The number of nitrogens with zero attached hydrogens (tertiary/aromatic N) is 2. The summed E-state index contributed by atoms with van der Waals surface area (Å²) in [7, 11) is 0. The van der Waals surface area contributed by atoms with Gasteiger partial charge < -0.3 is 9.80 Å². The fourth-order valence-corrected chi connectivity index (χ4v) is 2.64. The predicted octanol–water partition coefficient (Wildman–Crippen LogP) is 3.48. The van der Waals surface area contributed by atoms with Gasteiger partial charge in [0.25, 0.3) is 5.91 Å². The van der Waals surface area contributed by atoms with Gasteiger partial charge >= 0.3 is 0 Å². The lowest BCUT2D eigenvalue weighted by molar-refractivity contribution is 0.0756. The number of thiol groups is 1. The van der Waals surface area contributed by atoms with Crippen molar-refractivity contribution < 1.29 is 4.79 Å². The Morgan fingerprint density at radius 3 is 2.33 bits per heavy atom. The number of hydrogen-bond acceptors (Lipinski definition) is 3. The molecule has 0 radical (unpaired) electrons. The van der Waals surface area contributed by atoms with Crippen LogP contribution < -0.4 is 0 Å². The van der Waals surface area contributed by atoms with Crippen LogP contribution in [0.4, 0.5) is 0 Å². The van der Waals surface area contributed by atoms with Crippen LogP contribution in [-0.2, 0) is 0 Å². The average molecular weight is 308 g/mol. The SMILES string of the molecule is CCN(CC)CCCN(CC)C(=O)c1cc(S)ccc1C. The van der Waals surface area contributed by atoms with Gasteiger partial charge in [0.15, 0.2) is 0 Å². The van der Waals surface area contributed by atoms with E-state index in [0.717, 1.165) is 55.2 Å².